The third-order valence-electron chi connectivity index (χ3n) is 3.73. The molecule has 25 heavy (non-hydrogen) atoms. The van der Waals surface area contributed by atoms with Crippen molar-refractivity contribution in [3.63, 3.8) is 0 Å². The highest BCUT2D eigenvalue weighted by molar-refractivity contribution is 7.90. The number of rotatable bonds is 3. The maximum absolute atomic E-state index is 13.5. The first-order valence-corrected chi connectivity index (χ1v) is 8.90. The number of benzene rings is 1. The van der Waals surface area contributed by atoms with Gasteiger partial charge < -0.3 is 5.11 Å². The third-order valence-corrected chi connectivity index (χ3v) is 4.97. The number of carboxylic acids is 1. The summed E-state index contributed by atoms with van der Waals surface area (Å²) in [5.74, 6) is -3.07. The summed E-state index contributed by atoms with van der Waals surface area (Å²) in [6.45, 7) is 1.45. The Labute approximate surface area is 141 Å². The lowest BCUT2D eigenvalue weighted by atomic mass is 10.2. The summed E-state index contributed by atoms with van der Waals surface area (Å²) < 4.78 is 52.1. The summed E-state index contributed by atoms with van der Waals surface area (Å²) in [6.07, 6.45) is 2.32. The van der Waals surface area contributed by atoms with E-state index in [1.54, 1.807) is 0 Å². The van der Waals surface area contributed by atoms with Gasteiger partial charge in [-0.05, 0) is 30.7 Å². The monoisotopic (exact) mass is 366 g/mol. The molecule has 0 aliphatic rings. The lowest BCUT2D eigenvalue weighted by Gasteiger charge is -2.08. The summed E-state index contributed by atoms with van der Waals surface area (Å²) in [4.78, 5) is 15.5. The molecule has 1 N–H and O–H groups in total. The molecular formula is C16H12F2N2O4S. The second-order valence-electron chi connectivity index (χ2n) is 5.54. The van der Waals surface area contributed by atoms with E-state index < -0.39 is 33.1 Å². The van der Waals surface area contributed by atoms with Crippen LogP contribution in [0.15, 0.2) is 35.4 Å². The zero-order valence-electron chi connectivity index (χ0n) is 13.1. The summed E-state index contributed by atoms with van der Waals surface area (Å²) >= 11 is 0. The number of imidazole rings is 1. The number of carbonyl (C=O) groups is 1. The molecule has 0 bridgehead atoms. The number of halogens is 2. The van der Waals surface area contributed by atoms with Gasteiger partial charge in [-0.2, -0.15) is 0 Å². The molecule has 0 amide bonds. The molecule has 0 radical (unpaired) electrons. The first-order chi connectivity index (χ1) is 11.6. The first kappa shape index (κ1) is 17.0. The smallest absolute Gasteiger partial charge is 0.356 e. The van der Waals surface area contributed by atoms with E-state index in [9.17, 15) is 27.1 Å². The number of carboxylic acid groups (broad SMARTS) is 1. The number of fused-ring (bicyclic) bond motifs is 1. The highest BCUT2D eigenvalue weighted by atomic mass is 32.2. The Morgan fingerprint density at radius 2 is 1.80 bits per heavy atom. The van der Waals surface area contributed by atoms with E-state index in [1.165, 1.54) is 23.6 Å². The van der Waals surface area contributed by atoms with Gasteiger partial charge in [-0.3, -0.25) is 4.40 Å². The van der Waals surface area contributed by atoms with Crippen molar-refractivity contribution < 1.29 is 27.1 Å². The van der Waals surface area contributed by atoms with Gasteiger partial charge in [0.1, 0.15) is 17.5 Å². The van der Waals surface area contributed by atoms with Crippen LogP contribution in [0.4, 0.5) is 8.78 Å². The fraction of sp³-hybridized carbons (Fsp3) is 0.125. The van der Waals surface area contributed by atoms with Crippen LogP contribution in [0.1, 0.15) is 16.1 Å². The molecule has 0 unspecified atom stereocenters. The van der Waals surface area contributed by atoms with Gasteiger partial charge in [0.2, 0.25) is 0 Å². The van der Waals surface area contributed by atoms with E-state index >= 15 is 0 Å². The molecule has 3 rings (SSSR count). The van der Waals surface area contributed by atoms with Crippen molar-refractivity contribution in [2.24, 2.45) is 0 Å². The average Bonchev–Trinajstić information content (AvgIpc) is 2.86. The minimum absolute atomic E-state index is 0.00560. The second-order valence-corrected chi connectivity index (χ2v) is 7.53. The van der Waals surface area contributed by atoms with E-state index in [0.29, 0.717) is 6.07 Å². The van der Waals surface area contributed by atoms with Crippen molar-refractivity contribution in [2.45, 2.75) is 11.8 Å². The SMILES string of the molecule is Cc1c(S(C)(=O)=O)ccn2c(-c3cc(F)cc(F)c3)nc(C(=O)O)c12. The van der Waals surface area contributed by atoms with E-state index in [4.69, 9.17) is 0 Å². The minimum Gasteiger partial charge on any atom is -0.476 e. The van der Waals surface area contributed by atoms with Crippen LogP contribution in [0.2, 0.25) is 0 Å². The van der Waals surface area contributed by atoms with Crippen molar-refractivity contribution in [3.05, 3.63) is 53.4 Å². The lowest BCUT2D eigenvalue weighted by Crippen LogP contribution is -2.05. The van der Waals surface area contributed by atoms with E-state index in [0.717, 1.165) is 18.4 Å². The Morgan fingerprint density at radius 3 is 2.32 bits per heavy atom. The topological polar surface area (TPSA) is 88.7 Å². The predicted octanol–water partition coefficient (Wildman–Crippen LogP) is 2.69. The van der Waals surface area contributed by atoms with Crippen molar-refractivity contribution in [1.29, 1.82) is 0 Å². The Hall–Kier alpha value is -2.81. The molecule has 0 aliphatic carbocycles. The number of hydrogen-bond donors (Lipinski definition) is 1. The Kier molecular flexibility index (Phi) is 3.83. The van der Waals surface area contributed by atoms with Crippen LogP contribution in [0.5, 0.6) is 0 Å². The summed E-state index contributed by atoms with van der Waals surface area (Å²) in [7, 11) is -3.59. The maximum atomic E-state index is 13.5. The standard InChI is InChI=1S/C16H12F2N2O4S/c1-8-12(25(2,23)24)3-4-20-14(8)13(16(21)22)19-15(20)9-5-10(17)7-11(18)6-9/h3-7H,1-2H3,(H,21,22). The van der Waals surface area contributed by atoms with Crippen LogP contribution < -0.4 is 0 Å². The van der Waals surface area contributed by atoms with E-state index in [-0.39, 0.29) is 27.4 Å². The average molecular weight is 366 g/mol. The molecule has 0 spiro atoms. The summed E-state index contributed by atoms with van der Waals surface area (Å²) in [5, 5.41) is 9.40. The molecule has 2 aromatic heterocycles. The second kappa shape index (κ2) is 5.62. The maximum Gasteiger partial charge on any atom is 0.356 e. The number of hydrogen-bond acceptors (Lipinski definition) is 4. The number of aromatic carboxylic acids is 1. The number of nitrogens with zero attached hydrogens (tertiary/aromatic N) is 2. The van der Waals surface area contributed by atoms with Crippen LogP contribution in [0.3, 0.4) is 0 Å². The molecule has 130 valence electrons. The van der Waals surface area contributed by atoms with E-state index in [1.807, 2.05) is 0 Å². The molecule has 9 heteroatoms. The van der Waals surface area contributed by atoms with E-state index in [2.05, 4.69) is 4.98 Å². The van der Waals surface area contributed by atoms with Crippen molar-refractivity contribution >= 4 is 21.3 Å². The number of aryl methyl sites for hydroxylation is 1. The van der Waals surface area contributed by atoms with Crippen LogP contribution in [-0.4, -0.2) is 35.1 Å². The molecule has 0 fully saturated rings. The van der Waals surface area contributed by atoms with Crippen molar-refractivity contribution in [2.75, 3.05) is 6.26 Å². The quantitative estimate of drug-likeness (QED) is 0.770. The van der Waals surface area contributed by atoms with Crippen molar-refractivity contribution in [1.82, 2.24) is 9.38 Å². The summed E-state index contributed by atoms with van der Waals surface area (Å²) in [5.41, 5.74) is -0.123. The summed E-state index contributed by atoms with van der Waals surface area (Å²) in [6, 6.07) is 4.02. The molecule has 6 nitrogen and oxygen atoms in total. The molecular weight excluding hydrogens is 354 g/mol. The van der Waals surface area contributed by atoms with Gasteiger partial charge in [-0.1, -0.05) is 0 Å². The van der Waals surface area contributed by atoms with Crippen LogP contribution >= 0.6 is 0 Å². The minimum atomic E-state index is -3.59. The molecule has 0 atom stereocenters. The highest BCUT2D eigenvalue weighted by Gasteiger charge is 2.23. The van der Waals surface area contributed by atoms with Gasteiger partial charge in [-0.15, -0.1) is 0 Å². The molecule has 0 aliphatic heterocycles. The Morgan fingerprint density at radius 1 is 1.20 bits per heavy atom. The van der Waals surface area contributed by atoms with Crippen molar-refractivity contribution in [3.8, 4) is 11.4 Å². The lowest BCUT2D eigenvalue weighted by molar-refractivity contribution is 0.0693. The van der Waals surface area contributed by atoms with Crippen LogP contribution in [0.25, 0.3) is 16.9 Å². The van der Waals surface area contributed by atoms with Gasteiger partial charge >= 0.3 is 5.97 Å². The fourth-order valence-corrected chi connectivity index (χ4v) is 3.72. The Bertz CT molecular complexity index is 1120. The molecule has 2 heterocycles. The Balaban J connectivity index is 2.44. The molecule has 1 aromatic carbocycles. The zero-order valence-corrected chi connectivity index (χ0v) is 13.9. The van der Waals surface area contributed by atoms with Gasteiger partial charge in [0.05, 0.1) is 10.4 Å². The largest absolute Gasteiger partial charge is 0.476 e. The predicted molar refractivity (Wildman–Crippen MR) is 85.4 cm³/mol. The normalized spacial score (nSPS) is 11.8. The highest BCUT2D eigenvalue weighted by Crippen LogP contribution is 2.29. The van der Waals surface area contributed by atoms with Gasteiger partial charge in [0.15, 0.2) is 15.5 Å². The number of aromatic nitrogens is 2. The van der Waals surface area contributed by atoms with Crippen LogP contribution in [0, 0.1) is 18.6 Å². The molecule has 0 saturated carbocycles. The van der Waals surface area contributed by atoms with Gasteiger partial charge in [0.25, 0.3) is 0 Å². The molecule has 3 aromatic rings. The third kappa shape index (κ3) is 2.86. The van der Waals surface area contributed by atoms with Gasteiger partial charge in [-0.25, -0.2) is 27.0 Å². The number of sulfone groups is 1. The van der Waals surface area contributed by atoms with Crippen LogP contribution in [-0.2, 0) is 9.84 Å². The zero-order chi connectivity index (χ0) is 18.5. The first-order valence-electron chi connectivity index (χ1n) is 7.01. The number of pyridine rings is 1. The van der Waals surface area contributed by atoms with Gasteiger partial charge in [0, 0.05) is 24.1 Å². The molecule has 0 saturated heterocycles. The fourth-order valence-electron chi connectivity index (χ4n) is 2.76.